The third-order valence-electron chi connectivity index (χ3n) is 5.49. The molecule has 0 unspecified atom stereocenters. The number of hydrogen-bond donors (Lipinski definition) is 7. The van der Waals surface area contributed by atoms with E-state index in [0.29, 0.717) is 6.42 Å². The molecule has 204 valence electrons. The van der Waals surface area contributed by atoms with Gasteiger partial charge in [0.25, 0.3) is 0 Å². The monoisotopic (exact) mass is 513 g/mol. The van der Waals surface area contributed by atoms with Gasteiger partial charge in [-0.3, -0.25) is 24.0 Å². The molecule has 0 aromatic heterocycles. The van der Waals surface area contributed by atoms with Crippen molar-refractivity contribution in [2.45, 2.75) is 84.0 Å². The summed E-state index contributed by atoms with van der Waals surface area (Å²) in [5.41, 5.74) is 0. The molecule has 0 aromatic carbocycles. The number of hydrogen-bond acceptors (Lipinski definition) is 7. The van der Waals surface area contributed by atoms with E-state index in [1.54, 1.807) is 13.8 Å². The molecule has 0 bridgehead atoms. The van der Waals surface area contributed by atoms with E-state index in [1.807, 2.05) is 13.8 Å². The molecule has 0 aliphatic carbocycles. The highest BCUT2D eigenvalue weighted by Crippen LogP contribution is 2.10. The van der Waals surface area contributed by atoms with Crippen molar-refractivity contribution in [1.82, 2.24) is 26.6 Å². The van der Waals surface area contributed by atoms with E-state index in [2.05, 4.69) is 26.6 Å². The molecule has 36 heavy (non-hydrogen) atoms. The van der Waals surface area contributed by atoms with Gasteiger partial charge < -0.3 is 36.8 Å². The van der Waals surface area contributed by atoms with Gasteiger partial charge >= 0.3 is 11.9 Å². The van der Waals surface area contributed by atoms with E-state index in [-0.39, 0.29) is 43.2 Å². The molecule has 1 aliphatic rings. The van der Waals surface area contributed by atoms with Crippen LogP contribution in [0.25, 0.3) is 0 Å². The van der Waals surface area contributed by atoms with Gasteiger partial charge in [0.15, 0.2) is 0 Å². The minimum absolute atomic E-state index is 0.00247. The molecular formula is C23H39N5O8. The molecule has 13 heteroatoms. The van der Waals surface area contributed by atoms with Gasteiger partial charge in [0, 0.05) is 0 Å². The van der Waals surface area contributed by atoms with Crippen LogP contribution in [-0.4, -0.2) is 83.0 Å². The van der Waals surface area contributed by atoms with Crippen molar-refractivity contribution < 1.29 is 39.0 Å². The second kappa shape index (κ2) is 15.0. The third kappa shape index (κ3) is 11.5. The average molecular weight is 514 g/mol. The van der Waals surface area contributed by atoms with Gasteiger partial charge in [-0.1, -0.05) is 27.7 Å². The van der Waals surface area contributed by atoms with Crippen molar-refractivity contribution in [2.24, 2.45) is 11.8 Å². The number of carbonyl (C=O) groups excluding carboxylic acids is 4. The number of amides is 4. The lowest BCUT2D eigenvalue weighted by molar-refractivity contribution is -0.147. The first-order chi connectivity index (χ1) is 16.8. The minimum atomic E-state index is -1.66. The Morgan fingerprint density at radius 2 is 1.36 bits per heavy atom. The lowest BCUT2D eigenvalue weighted by atomic mass is 9.99. The largest absolute Gasteiger partial charge is 0.481 e. The summed E-state index contributed by atoms with van der Waals surface area (Å²) in [4.78, 5) is 72.6. The molecular weight excluding hydrogens is 474 g/mol. The fraction of sp³-hybridized carbons (Fsp3) is 0.739. The molecule has 1 fully saturated rings. The first-order valence-corrected chi connectivity index (χ1v) is 12.2. The zero-order chi connectivity index (χ0) is 27.4. The van der Waals surface area contributed by atoms with Crippen LogP contribution in [-0.2, 0) is 28.8 Å². The third-order valence-corrected chi connectivity index (χ3v) is 5.49. The Morgan fingerprint density at radius 1 is 0.833 bits per heavy atom. The van der Waals surface area contributed by atoms with E-state index in [1.165, 1.54) is 0 Å². The summed E-state index contributed by atoms with van der Waals surface area (Å²) in [7, 11) is 0. The molecule has 1 saturated heterocycles. The number of carboxylic acids is 2. The van der Waals surface area contributed by atoms with Gasteiger partial charge in [-0.05, 0) is 44.1 Å². The van der Waals surface area contributed by atoms with Gasteiger partial charge in [-0.25, -0.2) is 4.79 Å². The lowest BCUT2D eigenvalue weighted by Gasteiger charge is -2.26. The SMILES string of the molecule is CC(C)C[C@H](NC(=O)CNC(=O)[C@@H]1CCCN1)C(=O)N[C@@H](CC(C)C)C(=O)N[C@@H](CC(=O)O)C(=O)O. The Hall–Kier alpha value is -3.22. The normalized spacial score (nSPS) is 17.7. The second-order valence-electron chi connectivity index (χ2n) is 9.80. The quantitative estimate of drug-likeness (QED) is 0.143. The van der Waals surface area contributed by atoms with E-state index in [9.17, 15) is 33.9 Å². The van der Waals surface area contributed by atoms with Crippen molar-refractivity contribution in [3.05, 3.63) is 0 Å². The number of carboxylic acid groups (broad SMARTS) is 2. The fourth-order valence-electron chi connectivity index (χ4n) is 3.77. The molecule has 13 nitrogen and oxygen atoms in total. The van der Waals surface area contributed by atoms with Crippen molar-refractivity contribution in [2.75, 3.05) is 13.1 Å². The highest BCUT2D eigenvalue weighted by atomic mass is 16.4. The van der Waals surface area contributed by atoms with Crippen LogP contribution in [0.15, 0.2) is 0 Å². The standard InChI is InChI=1S/C23H39N5O8/c1-12(2)8-15(26-18(29)11-25-20(32)14-6-5-7-24-14)21(33)27-16(9-13(3)4)22(34)28-17(23(35)36)10-19(30)31/h12-17,24H,5-11H2,1-4H3,(H,25,32)(H,26,29)(H,27,33)(H,28,34)(H,30,31)(H,35,36)/t14-,15-,16-,17-/m0/s1. The molecule has 4 amide bonds. The van der Waals surface area contributed by atoms with Gasteiger partial charge in [-0.2, -0.15) is 0 Å². The molecule has 4 atom stereocenters. The maximum Gasteiger partial charge on any atom is 0.326 e. The Labute approximate surface area is 210 Å². The first-order valence-electron chi connectivity index (χ1n) is 12.2. The van der Waals surface area contributed by atoms with Crippen molar-refractivity contribution >= 4 is 35.6 Å². The van der Waals surface area contributed by atoms with Crippen molar-refractivity contribution in [3.63, 3.8) is 0 Å². The minimum Gasteiger partial charge on any atom is -0.481 e. The Kier molecular flexibility index (Phi) is 12.9. The van der Waals surface area contributed by atoms with Crippen LogP contribution in [0, 0.1) is 11.8 Å². The van der Waals surface area contributed by atoms with Gasteiger partial charge in [0.1, 0.15) is 18.1 Å². The number of carbonyl (C=O) groups is 6. The highest BCUT2D eigenvalue weighted by molar-refractivity contribution is 5.95. The van der Waals surface area contributed by atoms with E-state index in [4.69, 9.17) is 5.11 Å². The van der Waals surface area contributed by atoms with E-state index >= 15 is 0 Å². The Morgan fingerprint density at radius 3 is 1.81 bits per heavy atom. The number of aliphatic carboxylic acids is 2. The van der Waals surface area contributed by atoms with Crippen LogP contribution in [0.5, 0.6) is 0 Å². The summed E-state index contributed by atoms with van der Waals surface area (Å²) in [5.74, 6) is -5.33. The molecule has 0 spiro atoms. The van der Waals surface area contributed by atoms with Crippen LogP contribution in [0.1, 0.15) is 59.8 Å². The summed E-state index contributed by atoms with van der Waals surface area (Å²) in [6, 6.07) is -4.16. The summed E-state index contributed by atoms with van der Waals surface area (Å²) in [6.45, 7) is 7.71. The maximum atomic E-state index is 13.0. The Bertz CT molecular complexity index is 810. The van der Waals surface area contributed by atoms with E-state index < -0.39 is 54.2 Å². The molecule has 7 N–H and O–H groups in total. The predicted octanol–water partition coefficient (Wildman–Crippen LogP) is -1.04. The lowest BCUT2D eigenvalue weighted by Crippen LogP contribution is -2.57. The van der Waals surface area contributed by atoms with Crippen molar-refractivity contribution in [3.8, 4) is 0 Å². The zero-order valence-electron chi connectivity index (χ0n) is 21.3. The van der Waals surface area contributed by atoms with Crippen LogP contribution in [0.4, 0.5) is 0 Å². The molecule has 0 radical (unpaired) electrons. The Balaban J connectivity index is 2.85. The molecule has 1 aliphatic heterocycles. The van der Waals surface area contributed by atoms with E-state index in [0.717, 1.165) is 13.0 Å². The van der Waals surface area contributed by atoms with Crippen LogP contribution >= 0.6 is 0 Å². The molecule has 0 aromatic rings. The second-order valence-corrected chi connectivity index (χ2v) is 9.80. The topological polar surface area (TPSA) is 203 Å². The van der Waals surface area contributed by atoms with Crippen LogP contribution in [0.3, 0.4) is 0 Å². The summed E-state index contributed by atoms with van der Waals surface area (Å²) in [6.07, 6.45) is 1.14. The summed E-state index contributed by atoms with van der Waals surface area (Å²) >= 11 is 0. The first kappa shape index (κ1) is 30.8. The number of nitrogens with one attached hydrogen (secondary N) is 5. The average Bonchev–Trinajstić information content (AvgIpc) is 3.30. The number of rotatable bonds is 15. The van der Waals surface area contributed by atoms with Gasteiger partial charge in [0.2, 0.25) is 23.6 Å². The van der Waals surface area contributed by atoms with Gasteiger partial charge in [-0.15, -0.1) is 0 Å². The van der Waals surface area contributed by atoms with Gasteiger partial charge in [0.05, 0.1) is 19.0 Å². The zero-order valence-corrected chi connectivity index (χ0v) is 21.3. The maximum absolute atomic E-state index is 13.0. The fourth-order valence-corrected chi connectivity index (χ4v) is 3.77. The van der Waals surface area contributed by atoms with Crippen LogP contribution < -0.4 is 26.6 Å². The smallest absolute Gasteiger partial charge is 0.326 e. The summed E-state index contributed by atoms with van der Waals surface area (Å²) in [5, 5.41) is 31.0. The predicted molar refractivity (Wildman–Crippen MR) is 129 cm³/mol. The molecule has 0 saturated carbocycles. The highest BCUT2D eigenvalue weighted by Gasteiger charge is 2.31. The molecule has 1 heterocycles. The summed E-state index contributed by atoms with van der Waals surface area (Å²) < 4.78 is 0. The molecule has 1 rings (SSSR count). The van der Waals surface area contributed by atoms with Crippen LogP contribution in [0.2, 0.25) is 0 Å². The van der Waals surface area contributed by atoms with Crippen molar-refractivity contribution in [1.29, 1.82) is 0 Å².